The van der Waals surface area contributed by atoms with E-state index in [9.17, 15) is 5.11 Å². The molecule has 1 unspecified atom stereocenters. The van der Waals surface area contributed by atoms with Crippen molar-refractivity contribution in [3.8, 4) is 11.3 Å². The molecule has 26 heavy (non-hydrogen) atoms. The number of thiazole rings is 1. The van der Waals surface area contributed by atoms with Crippen LogP contribution in [0.4, 0.5) is 0 Å². The van der Waals surface area contributed by atoms with E-state index in [-0.39, 0.29) is 5.92 Å². The molecule has 1 aliphatic heterocycles. The number of rotatable bonds is 5. The zero-order valence-corrected chi connectivity index (χ0v) is 15.8. The first-order valence-corrected chi connectivity index (χ1v) is 9.96. The molecule has 3 aromatic rings. The second-order valence-electron chi connectivity index (χ2n) is 6.95. The van der Waals surface area contributed by atoms with Gasteiger partial charge >= 0.3 is 0 Å². The molecule has 5 nitrogen and oxygen atoms in total. The summed E-state index contributed by atoms with van der Waals surface area (Å²) in [4.78, 5) is 11.5. The monoisotopic (exact) mass is 368 g/mol. The van der Waals surface area contributed by atoms with E-state index in [2.05, 4.69) is 27.4 Å². The van der Waals surface area contributed by atoms with Crippen molar-refractivity contribution in [2.75, 3.05) is 13.1 Å². The van der Waals surface area contributed by atoms with E-state index in [0.717, 1.165) is 49.0 Å². The molecule has 0 radical (unpaired) electrons. The molecular formula is C20H24N4OS. The summed E-state index contributed by atoms with van der Waals surface area (Å²) in [5, 5.41) is 13.9. The summed E-state index contributed by atoms with van der Waals surface area (Å²) in [5.41, 5.74) is 2.23. The van der Waals surface area contributed by atoms with Gasteiger partial charge in [-0.3, -0.25) is 4.90 Å². The van der Waals surface area contributed by atoms with E-state index < -0.39 is 6.10 Å². The highest BCUT2D eigenvalue weighted by Gasteiger charge is 2.28. The van der Waals surface area contributed by atoms with E-state index in [4.69, 9.17) is 4.98 Å². The molecule has 0 aliphatic carbocycles. The predicted octanol–water partition coefficient (Wildman–Crippen LogP) is 3.49. The Bertz CT molecular complexity index is 836. The van der Waals surface area contributed by atoms with Crippen LogP contribution in [0.25, 0.3) is 11.3 Å². The van der Waals surface area contributed by atoms with E-state index in [1.807, 2.05) is 36.0 Å². The molecule has 0 saturated carbocycles. The molecule has 1 N–H and O–H groups in total. The Kier molecular flexibility index (Phi) is 5.15. The minimum Gasteiger partial charge on any atom is -0.385 e. The van der Waals surface area contributed by atoms with Crippen molar-refractivity contribution in [2.45, 2.75) is 25.5 Å². The first-order chi connectivity index (χ1) is 12.7. The smallest absolute Gasteiger partial charge is 0.137 e. The van der Waals surface area contributed by atoms with Crippen molar-refractivity contribution in [3.05, 3.63) is 58.9 Å². The lowest BCUT2D eigenvalue weighted by Crippen LogP contribution is -2.35. The number of aliphatic hydroxyl groups is 1. The van der Waals surface area contributed by atoms with E-state index >= 15 is 0 Å². The number of likely N-dealkylation sites (tertiary alicyclic amines) is 1. The summed E-state index contributed by atoms with van der Waals surface area (Å²) in [6, 6.07) is 10.3. The molecule has 4 rings (SSSR count). The van der Waals surface area contributed by atoms with Gasteiger partial charge in [0, 0.05) is 30.4 Å². The predicted molar refractivity (Wildman–Crippen MR) is 104 cm³/mol. The maximum atomic E-state index is 10.6. The number of imidazole rings is 1. The molecule has 2 aromatic heterocycles. The summed E-state index contributed by atoms with van der Waals surface area (Å²) in [6.45, 7) is 2.88. The van der Waals surface area contributed by atoms with Crippen LogP contribution < -0.4 is 0 Å². The molecule has 136 valence electrons. The minimum atomic E-state index is -0.471. The molecule has 3 heterocycles. The van der Waals surface area contributed by atoms with Gasteiger partial charge in [-0.25, -0.2) is 9.97 Å². The van der Waals surface area contributed by atoms with Crippen molar-refractivity contribution < 1.29 is 5.11 Å². The number of hydrogen-bond acceptors (Lipinski definition) is 5. The Morgan fingerprint density at radius 3 is 2.69 bits per heavy atom. The highest BCUT2D eigenvalue weighted by Crippen LogP contribution is 2.31. The number of aryl methyl sites for hydroxylation is 1. The molecule has 0 bridgehead atoms. The van der Waals surface area contributed by atoms with E-state index in [1.54, 1.807) is 17.5 Å². The number of piperidine rings is 1. The molecule has 1 fully saturated rings. The lowest BCUT2D eigenvalue weighted by molar-refractivity contribution is 0.0492. The van der Waals surface area contributed by atoms with Gasteiger partial charge in [0.2, 0.25) is 0 Å². The van der Waals surface area contributed by atoms with E-state index in [0.29, 0.717) is 0 Å². The third kappa shape index (κ3) is 3.72. The van der Waals surface area contributed by atoms with Gasteiger partial charge in [0.1, 0.15) is 16.9 Å². The van der Waals surface area contributed by atoms with Crippen LogP contribution in [0.1, 0.15) is 29.8 Å². The van der Waals surface area contributed by atoms with Crippen molar-refractivity contribution in [1.29, 1.82) is 0 Å². The van der Waals surface area contributed by atoms with Gasteiger partial charge < -0.3 is 9.67 Å². The van der Waals surface area contributed by atoms with Crippen LogP contribution in [-0.4, -0.2) is 37.6 Å². The molecule has 1 aromatic carbocycles. The fourth-order valence-electron chi connectivity index (χ4n) is 3.62. The first-order valence-electron chi connectivity index (χ1n) is 9.08. The van der Waals surface area contributed by atoms with Crippen LogP contribution >= 0.6 is 11.3 Å². The second-order valence-corrected chi connectivity index (χ2v) is 7.89. The number of aliphatic hydroxyl groups excluding tert-OH is 1. The van der Waals surface area contributed by atoms with Crippen molar-refractivity contribution in [3.63, 3.8) is 0 Å². The zero-order chi connectivity index (χ0) is 17.9. The lowest BCUT2D eigenvalue weighted by Gasteiger charge is -2.33. The van der Waals surface area contributed by atoms with Crippen LogP contribution in [0.3, 0.4) is 0 Å². The largest absolute Gasteiger partial charge is 0.385 e. The summed E-state index contributed by atoms with van der Waals surface area (Å²) in [6.07, 6.45) is 5.15. The van der Waals surface area contributed by atoms with Gasteiger partial charge in [0.05, 0.1) is 12.2 Å². The first kappa shape index (κ1) is 17.4. The maximum Gasteiger partial charge on any atom is 0.137 e. The normalized spacial score (nSPS) is 17.5. The Morgan fingerprint density at radius 1 is 1.23 bits per heavy atom. The summed E-state index contributed by atoms with van der Waals surface area (Å²) in [7, 11) is 1.94. The van der Waals surface area contributed by atoms with Gasteiger partial charge in [-0.2, -0.15) is 0 Å². The summed E-state index contributed by atoms with van der Waals surface area (Å²) < 4.78 is 1.91. The van der Waals surface area contributed by atoms with Gasteiger partial charge in [-0.15, -0.1) is 11.3 Å². The zero-order valence-electron chi connectivity index (χ0n) is 15.0. The fraction of sp³-hybridized carbons (Fsp3) is 0.400. The Morgan fingerprint density at radius 2 is 2.00 bits per heavy atom. The van der Waals surface area contributed by atoms with Crippen LogP contribution in [0, 0.1) is 5.92 Å². The standard InChI is InChI=1S/C20H24N4OS/c1-23-12-9-21-20(23)19(25)16-7-10-24(11-8-16)13-18-22-17(14-26-18)15-5-3-2-4-6-15/h2-6,9,12,14,16,19,25H,7-8,10-11,13H2,1H3. The topological polar surface area (TPSA) is 54.2 Å². The average molecular weight is 369 g/mol. The van der Waals surface area contributed by atoms with Gasteiger partial charge in [0.25, 0.3) is 0 Å². The Hall–Kier alpha value is -2.02. The van der Waals surface area contributed by atoms with Crippen LogP contribution in [0.2, 0.25) is 0 Å². The molecule has 1 atom stereocenters. The third-order valence-electron chi connectivity index (χ3n) is 5.18. The highest BCUT2D eigenvalue weighted by atomic mass is 32.1. The second kappa shape index (κ2) is 7.70. The molecular weight excluding hydrogens is 344 g/mol. The average Bonchev–Trinajstić information content (AvgIpc) is 3.32. The molecule has 0 spiro atoms. The summed E-state index contributed by atoms with van der Waals surface area (Å²) >= 11 is 1.73. The van der Waals surface area contributed by atoms with Crippen molar-refractivity contribution in [1.82, 2.24) is 19.4 Å². The number of hydrogen-bond donors (Lipinski definition) is 1. The van der Waals surface area contributed by atoms with Crippen LogP contribution in [-0.2, 0) is 13.6 Å². The van der Waals surface area contributed by atoms with Crippen LogP contribution in [0.5, 0.6) is 0 Å². The molecule has 6 heteroatoms. The Labute approximate surface area is 158 Å². The van der Waals surface area contributed by atoms with Gasteiger partial charge in [-0.1, -0.05) is 30.3 Å². The van der Waals surface area contributed by atoms with Crippen molar-refractivity contribution in [2.24, 2.45) is 13.0 Å². The van der Waals surface area contributed by atoms with E-state index in [1.165, 1.54) is 5.56 Å². The molecule has 0 amide bonds. The maximum absolute atomic E-state index is 10.6. The summed E-state index contributed by atoms with van der Waals surface area (Å²) in [5.74, 6) is 1.06. The number of nitrogens with zero attached hydrogens (tertiary/aromatic N) is 4. The van der Waals surface area contributed by atoms with Crippen molar-refractivity contribution >= 4 is 11.3 Å². The highest BCUT2D eigenvalue weighted by molar-refractivity contribution is 7.09. The Balaban J connectivity index is 1.33. The fourth-order valence-corrected chi connectivity index (χ4v) is 4.46. The molecule has 1 saturated heterocycles. The third-order valence-corrected chi connectivity index (χ3v) is 6.02. The number of benzene rings is 1. The lowest BCUT2D eigenvalue weighted by atomic mass is 9.91. The van der Waals surface area contributed by atoms with Gasteiger partial charge in [-0.05, 0) is 31.8 Å². The van der Waals surface area contributed by atoms with Crippen LogP contribution in [0.15, 0.2) is 48.1 Å². The molecule has 1 aliphatic rings. The SMILES string of the molecule is Cn1ccnc1C(O)C1CCN(Cc2nc(-c3ccccc3)cs2)CC1. The quantitative estimate of drug-likeness (QED) is 0.749. The van der Waals surface area contributed by atoms with Gasteiger partial charge in [0.15, 0.2) is 0 Å². The number of aromatic nitrogens is 3. The minimum absolute atomic E-state index is 0.281.